The highest BCUT2D eigenvalue weighted by Crippen LogP contribution is 2.33. The molecule has 1 aliphatic heterocycles. The predicted molar refractivity (Wildman–Crippen MR) is 130 cm³/mol. The molecule has 1 aliphatic rings. The number of hydrogen-bond donors (Lipinski definition) is 1. The van der Waals surface area contributed by atoms with Gasteiger partial charge in [0.25, 0.3) is 11.5 Å². The molecular weight excluding hydrogens is 418 g/mol. The van der Waals surface area contributed by atoms with Crippen molar-refractivity contribution in [1.82, 2.24) is 14.5 Å². The van der Waals surface area contributed by atoms with Crippen LogP contribution in [0.15, 0.2) is 47.4 Å². The van der Waals surface area contributed by atoms with E-state index in [9.17, 15) is 9.59 Å². The number of benzene rings is 1. The smallest absolute Gasteiger partial charge is 0.275 e. The number of allylic oxidation sites excluding steroid dienone is 2. The molecule has 33 heavy (non-hydrogen) atoms. The van der Waals surface area contributed by atoms with E-state index in [1.54, 1.807) is 9.47 Å². The van der Waals surface area contributed by atoms with Gasteiger partial charge in [0.05, 0.1) is 24.9 Å². The van der Waals surface area contributed by atoms with Gasteiger partial charge in [0.1, 0.15) is 11.3 Å². The Balaban J connectivity index is 1.84. The highest BCUT2D eigenvalue weighted by atomic mass is 16.5. The third kappa shape index (κ3) is 4.73. The first kappa shape index (κ1) is 22.9. The lowest BCUT2D eigenvalue weighted by Crippen LogP contribution is -2.40. The Labute approximate surface area is 193 Å². The van der Waals surface area contributed by atoms with E-state index in [1.165, 1.54) is 0 Å². The van der Waals surface area contributed by atoms with Crippen LogP contribution in [0, 0.1) is 6.92 Å². The Morgan fingerprint density at radius 1 is 1.24 bits per heavy atom. The number of carbonyl (C=O) groups is 1. The minimum Gasteiger partial charge on any atom is -0.490 e. The molecule has 0 spiro atoms. The second-order valence-electron chi connectivity index (χ2n) is 8.59. The third-order valence-electron chi connectivity index (χ3n) is 5.72. The first-order chi connectivity index (χ1) is 15.9. The molecule has 0 aliphatic carbocycles. The average Bonchev–Trinajstić information content (AvgIpc) is 3.20. The molecule has 7 heteroatoms. The van der Waals surface area contributed by atoms with Gasteiger partial charge in [0, 0.05) is 42.5 Å². The fraction of sp³-hybridized carbons (Fsp3) is 0.385. The number of H-pyrrole nitrogens is 1. The Bertz CT molecular complexity index is 1250. The van der Waals surface area contributed by atoms with Crippen LogP contribution in [0.4, 0.5) is 0 Å². The monoisotopic (exact) mass is 449 g/mol. The fourth-order valence-corrected chi connectivity index (χ4v) is 4.14. The zero-order valence-corrected chi connectivity index (χ0v) is 19.7. The molecule has 0 radical (unpaired) electrons. The summed E-state index contributed by atoms with van der Waals surface area (Å²) in [6.45, 7) is 10.5. The van der Waals surface area contributed by atoms with E-state index >= 15 is 0 Å². The zero-order chi connectivity index (χ0) is 23.5. The SMILES string of the molecule is C/C=C/Cn1cc(-c2ccc(C(=O)N3CCOCC3)c(OC(C)C)c2)c2cc(C)[nH]c2c1=O. The van der Waals surface area contributed by atoms with Crippen LogP contribution in [-0.4, -0.2) is 52.8 Å². The van der Waals surface area contributed by atoms with Crippen molar-refractivity contribution in [2.75, 3.05) is 26.3 Å². The number of fused-ring (bicyclic) bond motifs is 1. The number of amides is 1. The molecule has 2 aromatic heterocycles. The fourth-order valence-electron chi connectivity index (χ4n) is 4.14. The largest absolute Gasteiger partial charge is 0.490 e. The Morgan fingerprint density at radius 2 is 2.00 bits per heavy atom. The molecule has 1 saturated heterocycles. The van der Waals surface area contributed by atoms with E-state index in [0.29, 0.717) is 49.7 Å². The van der Waals surface area contributed by atoms with E-state index < -0.39 is 0 Å². The topological polar surface area (TPSA) is 76.6 Å². The molecular formula is C26H31N3O4. The standard InChI is InChI=1S/C26H31N3O4/c1-5-6-9-29-16-22(21-14-18(4)27-24(21)26(29)31)19-7-8-20(23(15-19)33-17(2)3)25(30)28-10-12-32-13-11-28/h5-8,14-17,27H,9-13H2,1-4H3/b6-5+. The number of morpholine rings is 1. The first-order valence-corrected chi connectivity index (χ1v) is 11.4. The van der Waals surface area contributed by atoms with Gasteiger partial charge in [-0.15, -0.1) is 0 Å². The molecule has 0 atom stereocenters. The summed E-state index contributed by atoms with van der Waals surface area (Å²) < 4.78 is 13.2. The number of aryl methyl sites for hydroxylation is 1. The molecule has 0 bridgehead atoms. The molecule has 174 valence electrons. The molecule has 1 aromatic carbocycles. The first-order valence-electron chi connectivity index (χ1n) is 11.4. The van der Waals surface area contributed by atoms with Crippen LogP contribution in [0.2, 0.25) is 0 Å². The van der Waals surface area contributed by atoms with E-state index in [0.717, 1.165) is 22.2 Å². The van der Waals surface area contributed by atoms with E-state index in [-0.39, 0.29) is 17.6 Å². The van der Waals surface area contributed by atoms with Crippen LogP contribution < -0.4 is 10.3 Å². The van der Waals surface area contributed by atoms with Gasteiger partial charge in [-0.2, -0.15) is 0 Å². The number of carbonyl (C=O) groups excluding carboxylic acids is 1. The Morgan fingerprint density at radius 3 is 2.70 bits per heavy atom. The van der Waals surface area contributed by atoms with Crippen LogP contribution in [0.1, 0.15) is 36.8 Å². The van der Waals surface area contributed by atoms with Crippen molar-refractivity contribution in [3.8, 4) is 16.9 Å². The normalized spacial score (nSPS) is 14.5. The van der Waals surface area contributed by atoms with Crippen molar-refractivity contribution in [2.45, 2.75) is 40.3 Å². The summed E-state index contributed by atoms with van der Waals surface area (Å²) in [5.41, 5.74) is 3.79. The Kier molecular flexibility index (Phi) is 6.70. The summed E-state index contributed by atoms with van der Waals surface area (Å²) in [6, 6.07) is 7.66. The van der Waals surface area contributed by atoms with E-state index in [2.05, 4.69) is 4.98 Å². The van der Waals surface area contributed by atoms with Gasteiger partial charge in [-0.25, -0.2) is 0 Å². The van der Waals surface area contributed by atoms with Gasteiger partial charge in [-0.1, -0.05) is 18.2 Å². The van der Waals surface area contributed by atoms with Crippen molar-refractivity contribution in [3.63, 3.8) is 0 Å². The van der Waals surface area contributed by atoms with Crippen molar-refractivity contribution in [1.29, 1.82) is 0 Å². The number of aromatic amines is 1. The summed E-state index contributed by atoms with van der Waals surface area (Å²) in [5, 5.41) is 0.858. The van der Waals surface area contributed by atoms with Crippen molar-refractivity contribution >= 4 is 16.8 Å². The molecule has 4 rings (SSSR count). The van der Waals surface area contributed by atoms with Crippen LogP contribution in [0.25, 0.3) is 22.0 Å². The lowest BCUT2D eigenvalue weighted by atomic mass is 10.0. The van der Waals surface area contributed by atoms with E-state index in [4.69, 9.17) is 9.47 Å². The maximum Gasteiger partial charge on any atom is 0.275 e. The minimum absolute atomic E-state index is 0.0545. The molecule has 1 N–H and O–H groups in total. The number of nitrogens with zero attached hydrogens (tertiary/aromatic N) is 2. The minimum atomic E-state index is -0.0883. The maximum atomic E-state index is 13.2. The molecule has 0 unspecified atom stereocenters. The molecule has 3 heterocycles. The molecule has 3 aromatic rings. The van der Waals surface area contributed by atoms with Crippen LogP contribution in [0.3, 0.4) is 0 Å². The summed E-state index contributed by atoms with van der Waals surface area (Å²) in [7, 11) is 0. The third-order valence-corrected chi connectivity index (χ3v) is 5.72. The molecule has 1 amide bonds. The van der Waals surface area contributed by atoms with Gasteiger partial charge >= 0.3 is 0 Å². The van der Waals surface area contributed by atoms with Gasteiger partial charge in [0.15, 0.2) is 0 Å². The van der Waals surface area contributed by atoms with Gasteiger partial charge in [-0.3, -0.25) is 9.59 Å². The van der Waals surface area contributed by atoms with Crippen molar-refractivity contribution < 1.29 is 14.3 Å². The quantitative estimate of drug-likeness (QED) is 0.574. The van der Waals surface area contributed by atoms with Crippen LogP contribution in [-0.2, 0) is 11.3 Å². The summed E-state index contributed by atoms with van der Waals surface area (Å²) in [5.74, 6) is 0.492. The van der Waals surface area contributed by atoms with Crippen molar-refractivity contribution in [2.24, 2.45) is 0 Å². The molecule has 7 nitrogen and oxygen atoms in total. The average molecular weight is 450 g/mol. The number of rotatable bonds is 6. The van der Waals surface area contributed by atoms with Crippen LogP contribution >= 0.6 is 0 Å². The van der Waals surface area contributed by atoms with Gasteiger partial charge in [-0.05, 0) is 51.5 Å². The number of hydrogen-bond acceptors (Lipinski definition) is 4. The number of ether oxygens (including phenoxy) is 2. The predicted octanol–water partition coefficient (Wildman–Crippen LogP) is 4.14. The van der Waals surface area contributed by atoms with Gasteiger partial charge in [0.2, 0.25) is 0 Å². The van der Waals surface area contributed by atoms with E-state index in [1.807, 2.05) is 70.3 Å². The molecule has 0 saturated carbocycles. The number of aromatic nitrogens is 2. The summed E-state index contributed by atoms with van der Waals surface area (Å²) >= 11 is 0. The second-order valence-corrected chi connectivity index (χ2v) is 8.59. The van der Waals surface area contributed by atoms with Crippen LogP contribution in [0.5, 0.6) is 5.75 Å². The van der Waals surface area contributed by atoms with Crippen molar-refractivity contribution in [3.05, 3.63) is 64.2 Å². The summed E-state index contributed by atoms with van der Waals surface area (Å²) in [4.78, 5) is 31.2. The second kappa shape index (κ2) is 9.67. The maximum absolute atomic E-state index is 13.2. The number of nitrogens with one attached hydrogen (secondary N) is 1. The lowest BCUT2D eigenvalue weighted by molar-refractivity contribution is 0.0299. The zero-order valence-electron chi connectivity index (χ0n) is 19.7. The lowest BCUT2D eigenvalue weighted by Gasteiger charge is -2.28. The highest BCUT2D eigenvalue weighted by molar-refractivity contribution is 5.99. The molecule has 1 fully saturated rings. The Hall–Kier alpha value is -3.32. The van der Waals surface area contributed by atoms with Gasteiger partial charge < -0.3 is 23.9 Å². The number of pyridine rings is 1. The highest BCUT2D eigenvalue weighted by Gasteiger charge is 2.23. The summed E-state index contributed by atoms with van der Waals surface area (Å²) in [6.07, 6.45) is 5.67.